The molecule has 0 aliphatic carbocycles. The summed E-state index contributed by atoms with van der Waals surface area (Å²) in [6.07, 6.45) is -3.63. The van der Waals surface area contributed by atoms with Crippen LogP contribution < -0.4 is 10.2 Å². The Labute approximate surface area is 178 Å². The van der Waals surface area contributed by atoms with Crippen molar-refractivity contribution in [2.75, 3.05) is 23.3 Å². The number of nitrogens with one attached hydrogen (secondary N) is 1. The number of aromatic nitrogens is 4. The summed E-state index contributed by atoms with van der Waals surface area (Å²) in [5.74, 6) is -1.25. The number of piperidine rings is 1. The Balaban J connectivity index is 1.44. The van der Waals surface area contributed by atoms with Crippen LogP contribution in [-0.2, 0) is 11.0 Å². The third-order valence-corrected chi connectivity index (χ3v) is 5.44. The molecule has 1 saturated heterocycles. The van der Waals surface area contributed by atoms with Crippen molar-refractivity contribution in [1.29, 1.82) is 0 Å². The number of anilines is 2. The number of halogens is 5. The molecule has 0 atom stereocenters. The van der Waals surface area contributed by atoms with E-state index in [2.05, 4.69) is 20.6 Å². The Kier molecular flexibility index (Phi) is 5.46. The van der Waals surface area contributed by atoms with Crippen LogP contribution in [0.5, 0.6) is 0 Å². The van der Waals surface area contributed by atoms with E-state index in [0.717, 1.165) is 0 Å². The summed E-state index contributed by atoms with van der Waals surface area (Å²) in [5.41, 5.74) is 0.453. The molecule has 1 amide bonds. The highest BCUT2D eigenvalue weighted by Gasteiger charge is 2.38. The number of amides is 1. The second kappa shape index (κ2) is 7.92. The summed E-state index contributed by atoms with van der Waals surface area (Å²) in [5, 5.41) is 14.4. The van der Waals surface area contributed by atoms with E-state index in [1.807, 2.05) is 4.90 Å². The van der Waals surface area contributed by atoms with Gasteiger partial charge >= 0.3 is 6.18 Å². The van der Waals surface area contributed by atoms with Gasteiger partial charge in [-0.2, -0.15) is 17.7 Å². The number of hydrogen-bond donors (Lipinski definition) is 1. The maximum absolute atomic E-state index is 13.1. The number of hydrogen-bond acceptors (Lipinski definition) is 5. The topological polar surface area (TPSA) is 75.4 Å². The van der Waals surface area contributed by atoms with Gasteiger partial charge in [-0.05, 0) is 43.2 Å². The van der Waals surface area contributed by atoms with Gasteiger partial charge in [-0.15, -0.1) is 15.3 Å². The number of rotatable bonds is 3. The maximum atomic E-state index is 13.1. The Hall–Kier alpha value is -2.59. The molecule has 4 rings (SSSR count). The normalized spacial score (nSPS) is 15.6. The molecule has 0 saturated carbocycles. The van der Waals surface area contributed by atoms with Gasteiger partial charge in [0.2, 0.25) is 5.91 Å². The fourth-order valence-corrected chi connectivity index (χ4v) is 3.66. The number of benzene rings is 1. The predicted molar refractivity (Wildman–Crippen MR) is 106 cm³/mol. The standard InChI is InChI=1S/C18H15Cl2F3N6O/c19-11-1-2-12(20)13(9-11)24-16(30)10-5-7-28(8-6-10)15-4-3-14-25-26-17(18(21,22)23)29(14)27-15/h1-4,9-10H,5-8H2,(H,24,30). The van der Waals surface area contributed by atoms with E-state index in [-0.39, 0.29) is 17.5 Å². The lowest BCUT2D eigenvalue weighted by atomic mass is 9.96. The minimum Gasteiger partial charge on any atom is -0.355 e. The highest BCUT2D eigenvalue weighted by molar-refractivity contribution is 6.35. The average Bonchev–Trinajstić information content (AvgIpc) is 3.14. The summed E-state index contributed by atoms with van der Waals surface area (Å²) < 4.78 is 39.9. The zero-order chi connectivity index (χ0) is 21.5. The number of alkyl halides is 3. The summed E-state index contributed by atoms with van der Waals surface area (Å²) in [4.78, 5) is 14.4. The summed E-state index contributed by atoms with van der Waals surface area (Å²) >= 11 is 12.0. The molecule has 0 bridgehead atoms. The fraction of sp³-hybridized carbons (Fsp3) is 0.333. The molecular weight excluding hydrogens is 444 g/mol. The van der Waals surface area contributed by atoms with Gasteiger partial charge in [0.25, 0.3) is 5.82 Å². The van der Waals surface area contributed by atoms with E-state index < -0.39 is 12.0 Å². The Morgan fingerprint density at radius 2 is 1.83 bits per heavy atom. The Morgan fingerprint density at radius 3 is 2.53 bits per heavy atom. The van der Waals surface area contributed by atoms with Crippen molar-refractivity contribution in [3.8, 4) is 0 Å². The zero-order valence-electron chi connectivity index (χ0n) is 15.3. The van der Waals surface area contributed by atoms with Gasteiger partial charge in [-0.1, -0.05) is 23.2 Å². The molecule has 12 heteroatoms. The molecule has 1 fully saturated rings. The van der Waals surface area contributed by atoms with Gasteiger partial charge in [-0.3, -0.25) is 4.79 Å². The number of fused-ring (bicyclic) bond motifs is 1. The lowest BCUT2D eigenvalue weighted by Gasteiger charge is -2.32. The molecule has 158 valence electrons. The van der Waals surface area contributed by atoms with Crippen molar-refractivity contribution in [3.63, 3.8) is 0 Å². The third kappa shape index (κ3) is 4.15. The molecule has 1 N–H and O–H groups in total. The van der Waals surface area contributed by atoms with E-state index in [1.54, 1.807) is 24.3 Å². The fourth-order valence-electron chi connectivity index (χ4n) is 3.32. The molecule has 1 aliphatic rings. The van der Waals surface area contributed by atoms with Crippen LogP contribution in [0.2, 0.25) is 10.0 Å². The van der Waals surface area contributed by atoms with Gasteiger partial charge in [-0.25, -0.2) is 0 Å². The van der Waals surface area contributed by atoms with Crippen molar-refractivity contribution < 1.29 is 18.0 Å². The summed E-state index contributed by atoms with van der Waals surface area (Å²) in [7, 11) is 0. The molecule has 0 spiro atoms. The largest absolute Gasteiger partial charge is 0.453 e. The number of carbonyl (C=O) groups is 1. The molecule has 0 radical (unpaired) electrons. The molecule has 0 unspecified atom stereocenters. The van der Waals surface area contributed by atoms with Crippen molar-refractivity contribution in [2.45, 2.75) is 19.0 Å². The lowest BCUT2D eigenvalue weighted by Crippen LogP contribution is -2.38. The summed E-state index contributed by atoms with van der Waals surface area (Å²) in [6.45, 7) is 0.923. The molecule has 30 heavy (non-hydrogen) atoms. The van der Waals surface area contributed by atoms with Gasteiger partial charge < -0.3 is 10.2 Å². The average molecular weight is 459 g/mol. The smallest absolute Gasteiger partial charge is 0.355 e. The van der Waals surface area contributed by atoms with Crippen LogP contribution in [0.3, 0.4) is 0 Å². The van der Waals surface area contributed by atoms with Gasteiger partial charge in [0.05, 0.1) is 10.7 Å². The molecule has 1 aromatic carbocycles. The minimum absolute atomic E-state index is 0.0127. The van der Waals surface area contributed by atoms with Crippen LogP contribution >= 0.6 is 23.2 Å². The van der Waals surface area contributed by atoms with Crippen LogP contribution in [0, 0.1) is 5.92 Å². The van der Waals surface area contributed by atoms with E-state index >= 15 is 0 Å². The van der Waals surface area contributed by atoms with Crippen molar-refractivity contribution >= 4 is 46.3 Å². The monoisotopic (exact) mass is 458 g/mol. The molecule has 2 aromatic heterocycles. The van der Waals surface area contributed by atoms with Gasteiger partial charge in [0, 0.05) is 24.0 Å². The second-order valence-electron chi connectivity index (χ2n) is 6.86. The predicted octanol–water partition coefficient (Wildman–Crippen LogP) is 4.31. The van der Waals surface area contributed by atoms with Crippen molar-refractivity contribution in [3.05, 3.63) is 46.2 Å². The van der Waals surface area contributed by atoms with Crippen LogP contribution in [0.1, 0.15) is 18.7 Å². The molecule has 7 nitrogen and oxygen atoms in total. The van der Waals surface area contributed by atoms with Crippen LogP contribution in [0.15, 0.2) is 30.3 Å². The molecule has 1 aliphatic heterocycles. The minimum atomic E-state index is -4.66. The van der Waals surface area contributed by atoms with Crippen molar-refractivity contribution in [1.82, 2.24) is 19.8 Å². The number of carbonyl (C=O) groups excluding carboxylic acids is 1. The zero-order valence-corrected chi connectivity index (χ0v) is 16.8. The van der Waals surface area contributed by atoms with Gasteiger partial charge in [0.15, 0.2) is 5.65 Å². The SMILES string of the molecule is O=C(Nc1cc(Cl)ccc1Cl)C1CCN(c2ccc3nnc(C(F)(F)F)n3n2)CC1. The van der Waals surface area contributed by atoms with Crippen LogP contribution in [0.4, 0.5) is 24.7 Å². The highest BCUT2D eigenvalue weighted by Crippen LogP contribution is 2.30. The first-order valence-electron chi connectivity index (χ1n) is 9.03. The highest BCUT2D eigenvalue weighted by atomic mass is 35.5. The molecule has 3 heterocycles. The Morgan fingerprint density at radius 1 is 1.10 bits per heavy atom. The van der Waals surface area contributed by atoms with E-state index in [9.17, 15) is 18.0 Å². The quantitative estimate of drug-likeness (QED) is 0.632. The molecular formula is C18H15Cl2F3N6O. The second-order valence-corrected chi connectivity index (χ2v) is 7.70. The first kappa shape index (κ1) is 20.7. The van der Waals surface area contributed by atoms with E-state index in [0.29, 0.717) is 52.0 Å². The maximum Gasteiger partial charge on any atom is 0.453 e. The van der Waals surface area contributed by atoms with Crippen LogP contribution in [-0.4, -0.2) is 38.8 Å². The van der Waals surface area contributed by atoms with E-state index in [1.165, 1.54) is 6.07 Å². The lowest BCUT2D eigenvalue weighted by molar-refractivity contribution is -0.146. The Bertz CT molecular complexity index is 1100. The first-order chi connectivity index (χ1) is 14.2. The third-order valence-electron chi connectivity index (χ3n) is 4.88. The number of nitrogens with zero attached hydrogens (tertiary/aromatic N) is 5. The van der Waals surface area contributed by atoms with Gasteiger partial charge in [0.1, 0.15) is 5.82 Å². The molecule has 3 aromatic rings. The van der Waals surface area contributed by atoms with Crippen LogP contribution in [0.25, 0.3) is 5.65 Å². The van der Waals surface area contributed by atoms with Crippen molar-refractivity contribution in [2.24, 2.45) is 5.92 Å². The first-order valence-corrected chi connectivity index (χ1v) is 9.78. The summed E-state index contributed by atoms with van der Waals surface area (Å²) in [6, 6.07) is 7.83. The van der Waals surface area contributed by atoms with E-state index in [4.69, 9.17) is 23.2 Å².